The van der Waals surface area contributed by atoms with Gasteiger partial charge in [0.05, 0.1) is 0 Å². The van der Waals surface area contributed by atoms with Crippen LogP contribution in [0.1, 0.15) is 50.9 Å². The fourth-order valence-electron chi connectivity index (χ4n) is 2.50. The summed E-state index contributed by atoms with van der Waals surface area (Å²) in [5.41, 5.74) is 2.24. The predicted molar refractivity (Wildman–Crippen MR) is 83.0 cm³/mol. The topological polar surface area (TPSA) is 20.3 Å². The molecule has 0 heterocycles. The molecule has 0 radical (unpaired) electrons. The maximum absolute atomic E-state index is 12.2. The number of Topliss-reactive ketones (excluding diaryl/α,β-unsaturated/α-hetero) is 1. The van der Waals surface area contributed by atoms with Crippen LogP contribution in [0.15, 0.2) is 24.3 Å². The first-order valence-corrected chi connectivity index (χ1v) is 6.99. The van der Waals surface area contributed by atoms with E-state index in [0.29, 0.717) is 12.3 Å². The zero-order valence-electron chi connectivity index (χ0n) is 13.2. The van der Waals surface area contributed by atoms with E-state index in [2.05, 4.69) is 27.7 Å². The summed E-state index contributed by atoms with van der Waals surface area (Å²) in [7, 11) is 4.00. The molecule has 0 amide bonds. The average molecular weight is 261 g/mol. The highest BCUT2D eigenvalue weighted by Crippen LogP contribution is 2.27. The molecule has 0 aliphatic rings. The van der Waals surface area contributed by atoms with Gasteiger partial charge in [0.15, 0.2) is 5.78 Å². The first-order chi connectivity index (χ1) is 8.69. The van der Waals surface area contributed by atoms with Gasteiger partial charge in [0.2, 0.25) is 0 Å². The van der Waals surface area contributed by atoms with E-state index >= 15 is 0 Å². The summed E-state index contributed by atoms with van der Waals surface area (Å²) in [6.07, 6.45) is 1.72. The molecule has 2 heteroatoms. The molecule has 1 aromatic carbocycles. The van der Waals surface area contributed by atoms with E-state index in [1.807, 2.05) is 43.3 Å². The van der Waals surface area contributed by atoms with Gasteiger partial charge in [0, 0.05) is 31.8 Å². The molecule has 0 fully saturated rings. The molecule has 19 heavy (non-hydrogen) atoms. The lowest BCUT2D eigenvalue weighted by Crippen LogP contribution is -2.14. The van der Waals surface area contributed by atoms with Crippen LogP contribution in [0.2, 0.25) is 0 Å². The number of hydrogen-bond acceptors (Lipinski definition) is 2. The smallest absolute Gasteiger partial charge is 0.163 e. The Morgan fingerprint density at radius 3 is 2.11 bits per heavy atom. The summed E-state index contributed by atoms with van der Waals surface area (Å²) in [6.45, 7) is 8.83. The predicted octanol–water partition coefficient (Wildman–Crippen LogP) is 4.40. The van der Waals surface area contributed by atoms with Crippen molar-refractivity contribution in [2.24, 2.45) is 11.3 Å². The molecule has 106 valence electrons. The van der Waals surface area contributed by atoms with Gasteiger partial charge in [-0.1, -0.05) is 27.7 Å². The van der Waals surface area contributed by atoms with Gasteiger partial charge in [-0.05, 0) is 42.0 Å². The molecular formula is C17H27NO. The molecule has 0 saturated heterocycles. The third kappa shape index (κ3) is 5.46. The van der Waals surface area contributed by atoms with Crippen molar-refractivity contribution >= 4 is 11.5 Å². The molecule has 1 unspecified atom stereocenters. The van der Waals surface area contributed by atoms with Gasteiger partial charge in [-0.2, -0.15) is 0 Å². The standard InChI is InChI=1S/C17H27NO/c1-13(12-17(2,3)4)11-16(19)14-7-9-15(10-8-14)18(5)6/h7-10,13H,11-12H2,1-6H3. The molecule has 0 aliphatic heterocycles. The Bertz CT molecular complexity index is 412. The van der Waals surface area contributed by atoms with Crippen LogP contribution in [0.3, 0.4) is 0 Å². The zero-order valence-corrected chi connectivity index (χ0v) is 13.2. The first kappa shape index (κ1) is 15.7. The van der Waals surface area contributed by atoms with Crippen molar-refractivity contribution in [3.05, 3.63) is 29.8 Å². The highest BCUT2D eigenvalue weighted by Gasteiger charge is 2.18. The average Bonchev–Trinajstić information content (AvgIpc) is 2.26. The quantitative estimate of drug-likeness (QED) is 0.732. The van der Waals surface area contributed by atoms with E-state index in [9.17, 15) is 4.79 Å². The Morgan fingerprint density at radius 2 is 1.68 bits per heavy atom. The summed E-state index contributed by atoms with van der Waals surface area (Å²) in [4.78, 5) is 14.2. The number of anilines is 1. The van der Waals surface area contributed by atoms with Crippen LogP contribution >= 0.6 is 0 Å². The number of carbonyl (C=O) groups excluding carboxylic acids is 1. The third-order valence-electron chi connectivity index (χ3n) is 3.20. The summed E-state index contributed by atoms with van der Waals surface area (Å²) < 4.78 is 0. The second-order valence-electron chi connectivity index (χ2n) is 6.94. The molecule has 0 aromatic heterocycles. The van der Waals surface area contributed by atoms with Crippen molar-refractivity contribution in [2.75, 3.05) is 19.0 Å². The molecule has 0 bridgehead atoms. The second-order valence-corrected chi connectivity index (χ2v) is 6.94. The van der Waals surface area contributed by atoms with Crippen molar-refractivity contribution in [1.82, 2.24) is 0 Å². The van der Waals surface area contributed by atoms with E-state index in [-0.39, 0.29) is 11.2 Å². The van der Waals surface area contributed by atoms with Crippen LogP contribution < -0.4 is 4.90 Å². The van der Waals surface area contributed by atoms with Crippen LogP contribution in [0.5, 0.6) is 0 Å². The molecule has 2 nitrogen and oxygen atoms in total. The Balaban J connectivity index is 2.63. The number of rotatable bonds is 5. The number of hydrogen-bond donors (Lipinski definition) is 0. The highest BCUT2D eigenvalue weighted by atomic mass is 16.1. The molecule has 1 aromatic rings. The van der Waals surface area contributed by atoms with E-state index in [4.69, 9.17) is 0 Å². The maximum Gasteiger partial charge on any atom is 0.163 e. The summed E-state index contributed by atoms with van der Waals surface area (Å²) in [5.74, 6) is 0.683. The second kappa shape index (κ2) is 6.23. The fourth-order valence-corrected chi connectivity index (χ4v) is 2.50. The summed E-state index contributed by atoms with van der Waals surface area (Å²) in [5, 5.41) is 0. The molecule has 0 spiro atoms. The lowest BCUT2D eigenvalue weighted by atomic mass is 9.83. The van der Waals surface area contributed by atoms with Crippen molar-refractivity contribution in [3.8, 4) is 0 Å². The Hall–Kier alpha value is -1.31. The molecule has 1 rings (SSSR count). The number of nitrogens with zero attached hydrogens (tertiary/aromatic N) is 1. The normalized spacial score (nSPS) is 13.2. The van der Waals surface area contributed by atoms with E-state index < -0.39 is 0 Å². The Kier molecular flexibility index (Phi) is 5.16. The van der Waals surface area contributed by atoms with Crippen LogP contribution in [0, 0.1) is 11.3 Å². The highest BCUT2D eigenvalue weighted by molar-refractivity contribution is 5.96. The van der Waals surface area contributed by atoms with Crippen LogP contribution in [0.4, 0.5) is 5.69 Å². The van der Waals surface area contributed by atoms with Crippen LogP contribution in [-0.4, -0.2) is 19.9 Å². The van der Waals surface area contributed by atoms with Gasteiger partial charge in [0.25, 0.3) is 0 Å². The van der Waals surface area contributed by atoms with Gasteiger partial charge < -0.3 is 4.90 Å². The number of benzene rings is 1. The monoisotopic (exact) mass is 261 g/mol. The van der Waals surface area contributed by atoms with Crippen molar-refractivity contribution in [2.45, 2.75) is 40.5 Å². The summed E-state index contributed by atoms with van der Waals surface area (Å²) in [6, 6.07) is 7.87. The van der Waals surface area contributed by atoms with Crippen molar-refractivity contribution in [1.29, 1.82) is 0 Å². The first-order valence-electron chi connectivity index (χ1n) is 6.99. The maximum atomic E-state index is 12.2. The van der Waals surface area contributed by atoms with Gasteiger partial charge in [-0.25, -0.2) is 0 Å². The van der Waals surface area contributed by atoms with Gasteiger partial charge >= 0.3 is 0 Å². The SMILES string of the molecule is CC(CC(=O)c1ccc(N(C)C)cc1)CC(C)(C)C. The van der Waals surface area contributed by atoms with Crippen LogP contribution in [0.25, 0.3) is 0 Å². The fraction of sp³-hybridized carbons (Fsp3) is 0.588. The lowest BCUT2D eigenvalue weighted by Gasteiger charge is -2.22. The lowest BCUT2D eigenvalue weighted by molar-refractivity contribution is 0.0954. The Morgan fingerprint density at radius 1 is 1.16 bits per heavy atom. The minimum absolute atomic E-state index is 0.252. The molecule has 0 N–H and O–H groups in total. The molecule has 0 saturated carbocycles. The van der Waals surface area contributed by atoms with E-state index in [1.54, 1.807) is 0 Å². The van der Waals surface area contributed by atoms with E-state index in [1.165, 1.54) is 0 Å². The van der Waals surface area contributed by atoms with Crippen molar-refractivity contribution < 1.29 is 4.79 Å². The molecule has 1 atom stereocenters. The molecular weight excluding hydrogens is 234 g/mol. The van der Waals surface area contributed by atoms with Crippen LogP contribution in [-0.2, 0) is 0 Å². The largest absolute Gasteiger partial charge is 0.378 e. The molecule has 0 aliphatic carbocycles. The van der Waals surface area contributed by atoms with Crippen molar-refractivity contribution in [3.63, 3.8) is 0 Å². The van der Waals surface area contributed by atoms with E-state index in [0.717, 1.165) is 17.7 Å². The minimum Gasteiger partial charge on any atom is -0.378 e. The third-order valence-corrected chi connectivity index (χ3v) is 3.20. The minimum atomic E-state index is 0.252. The number of ketones is 1. The Labute approximate surface area is 117 Å². The van der Waals surface area contributed by atoms with Gasteiger partial charge in [-0.15, -0.1) is 0 Å². The summed E-state index contributed by atoms with van der Waals surface area (Å²) >= 11 is 0. The number of carbonyl (C=O) groups is 1. The zero-order chi connectivity index (χ0) is 14.6. The van der Waals surface area contributed by atoms with Gasteiger partial charge in [0.1, 0.15) is 0 Å². The van der Waals surface area contributed by atoms with Gasteiger partial charge in [-0.3, -0.25) is 4.79 Å².